The van der Waals surface area contributed by atoms with Gasteiger partial charge in [-0.3, -0.25) is 25.3 Å². The molecule has 0 saturated heterocycles. The number of aryl methyl sites for hydroxylation is 1. The lowest BCUT2D eigenvalue weighted by Gasteiger charge is -2.17. The summed E-state index contributed by atoms with van der Waals surface area (Å²) in [6.45, 7) is 14.5. The number of hydrogen-bond donors (Lipinski definition) is 2. The number of nitrogens with one attached hydrogen (secondary N) is 2. The van der Waals surface area contributed by atoms with E-state index in [1.165, 1.54) is 5.56 Å². The van der Waals surface area contributed by atoms with Crippen molar-refractivity contribution in [3.63, 3.8) is 0 Å². The second kappa shape index (κ2) is 10.8. The lowest BCUT2D eigenvalue weighted by Crippen LogP contribution is -2.47. The molecule has 0 aliphatic carbocycles. The Morgan fingerprint density at radius 3 is 2.37 bits per heavy atom. The van der Waals surface area contributed by atoms with Gasteiger partial charge < -0.3 is 9.15 Å². The maximum atomic E-state index is 12.3. The van der Waals surface area contributed by atoms with Crippen molar-refractivity contribution >= 4 is 11.8 Å². The zero-order valence-corrected chi connectivity index (χ0v) is 18.7. The Bertz CT molecular complexity index is 856. The van der Waals surface area contributed by atoms with Gasteiger partial charge in [-0.1, -0.05) is 33.8 Å². The Labute approximate surface area is 178 Å². The molecule has 2 amide bonds. The molecular weight excluding hydrogens is 382 g/mol. The highest BCUT2D eigenvalue weighted by molar-refractivity contribution is 5.93. The summed E-state index contributed by atoms with van der Waals surface area (Å²) < 4.78 is 11.3. The topological polar surface area (TPSA) is 83.8 Å². The van der Waals surface area contributed by atoms with Gasteiger partial charge in [-0.15, -0.1) is 0 Å². The average Bonchev–Trinajstić information content (AvgIpc) is 3.18. The van der Waals surface area contributed by atoms with Crippen molar-refractivity contribution in [2.24, 2.45) is 0 Å². The van der Waals surface area contributed by atoms with Crippen molar-refractivity contribution in [3.8, 4) is 5.75 Å². The third kappa shape index (κ3) is 6.35. The van der Waals surface area contributed by atoms with Crippen molar-refractivity contribution in [2.75, 3.05) is 13.1 Å². The quantitative estimate of drug-likeness (QED) is 0.609. The van der Waals surface area contributed by atoms with E-state index in [9.17, 15) is 9.59 Å². The van der Waals surface area contributed by atoms with Crippen molar-refractivity contribution < 1.29 is 18.7 Å². The van der Waals surface area contributed by atoms with Gasteiger partial charge in [0.15, 0.2) is 11.9 Å². The smallest absolute Gasteiger partial charge is 0.305 e. The fourth-order valence-electron chi connectivity index (χ4n) is 3.16. The second-order valence-electron chi connectivity index (χ2n) is 7.60. The normalized spacial score (nSPS) is 12.1. The lowest BCUT2D eigenvalue weighted by atomic mass is 9.98. The third-order valence-corrected chi connectivity index (χ3v) is 5.00. The Balaban J connectivity index is 1.87. The maximum absolute atomic E-state index is 12.3. The van der Waals surface area contributed by atoms with Crippen LogP contribution >= 0.6 is 0 Å². The van der Waals surface area contributed by atoms with Crippen LogP contribution in [-0.2, 0) is 11.3 Å². The van der Waals surface area contributed by atoms with E-state index in [2.05, 4.69) is 43.4 Å². The van der Waals surface area contributed by atoms with Crippen molar-refractivity contribution in [1.82, 2.24) is 15.8 Å². The van der Waals surface area contributed by atoms with E-state index in [-0.39, 0.29) is 5.76 Å². The predicted molar refractivity (Wildman–Crippen MR) is 116 cm³/mol. The van der Waals surface area contributed by atoms with Crippen LogP contribution in [0.5, 0.6) is 5.75 Å². The van der Waals surface area contributed by atoms with Crippen LogP contribution in [-0.4, -0.2) is 35.9 Å². The summed E-state index contributed by atoms with van der Waals surface area (Å²) in [5, 5.41) is 0. The molecule has 0 saturated carbocycles. The zero-order valence-electron chi connectivity index (χ0n) is 18.7. The minimum atomic E-state index is -0.774. The summed E-state index contributed by atoms with van der Waals surface area (Å²) in [7, 11) is 0. The monoisotopic (exact) mass is 415 g/mol. The molecule has 1 unspecified atom stereocenters. The number of carbonyl (C=O) groups is 2. The van der Waals surface area contributed by atoms with Gasteiger partial charge in [0.05, 0.1) is 6.54 Å². The molecule has 1 atom stereocenters. The minimum Gasteiger partial charge on any atom is -0.481 e. The fourth-order valence-corrected chi connectivity index (χ4v) is 3.16. The van der Waals surface area contributed by atoms with Crippen molar-refractivity contribution in [3.05, 3.63) is 53.0 Å². The van der Waals surface area contributed by atoms with Gasteiger partial charge in [-0.2, -0.15) is 0 Å². The van der Waals surface area contributed by atoms with Gasteiger partial charge in [0, 0.05) is 0 Å². The van der Waals surface area contributed by atoms with Gasteiger partial charge in [-0.25, -0.2) is 0 Å². The summed E-state index contributed by atoms with van der Waals surface area (Å²) in [5.74, 6) is 0.905. The molecule has 164 valence electrons. The highest BCUT2D eigenvalue weighted by Crippen LogP contribution is 2.24. The van der Waals surface area contributed by atoms with E-state index in [1.807, 2.05) is 25.1 Å². The van der Waals surface area contributed by atoms with Gasteiger partial charge in [0.25, 0.3) is 5.91 Å². The van der Waals surface area contributed by atoms with E-state index in [0.717, 1.165) is 18.7 Å². The molecule has 0 bridgehead atoms. The van der Waals surface area contributed by atoms with Crippen LogP contribution < -0.4 is 15.6 Å². The molecule has 1 aromatic heterocycles. The van der Waals surface area contributed by atoms with Crippen LogP contribution in [0.3, 0.4) is 0 Å². The SMILES string of the molecule is CCN(CC)Cc1ccc(C(=O)NNC(=O)C(C)Oc2ccc(C(C)C)c(C)c2)o1. The van der Waals surface area contributed by atoms with Gasteiger partial charge in [0.1, 0.15) is 11.5 Å². The third-order valence-electron chi connectivity index (χ3n) is 5.00. The number of furan rings is 1. The van der Waals surface area contributed by atoms with Gasteiger partial charge in [-0.05, 0) is 68.2 Å². The summed E-state index contributed by atoms with van der Waals surface area (Å²) in [4.78, 5) is 26.7. The molecule has 2 N–H and O–H groups in total. The molecule has 1 aromatic carbocycles. The molecule has 0 radical (unpaired) electrons. The summed E-state index contributed by atoms with van der Waals surface area (Å²) in [5.41, 5.74) is 7.11. The summed E-state index contributed by atoms with van der Waals surface area (Å²) in [6.07, 6.45) is -0.774. The first-order chi connectivity index (χ1) is 14.2. The largest absolute Gasteiger partial charge is 0.481 e. The number of amides is 2. The Morgan fingerprint density at radius 1 is 1.07 bits per heavy atom. The molecule has 30 heavy (non-hydrogen) atoms. The lowest BCUT2D eigenvalue weighted by molar-refractivity contribution is -0.128. The van der Waals surface area contributed by atoms with Crippen LogP contribution in [0.15, 0.2) is 34.7 Å². The summed E-state index contributed by atoms with van der Waals surface area (Å²) >= 11 is 0. The first-order valence-corrected chi connectivity index (χ1v) is 10.4. The molecule has 7 nitrogen and oxygen atoms in total. The number of hydrogen-bond acceptors (Lipinski definition) is 5. The summed E-state index contributed by atoms with van der Waals surface area (Å²) in [6, 6.07) is 9.14. The van der Waals surface area contributed by atoms with E-state index < -0.39 is 17.9 Å². The molecule has 2 rings (SSSR count). The zero-order chi connectivity index (χ0) is 22.3. The fraction of sp³-hybridized carbons (Fsp3) is 0.478. The molecule has 0 fully saturated rings. The number of carbonyl (C=O) groups excluding carboxylic acids is 2. The second-order valence-corrected chi connectivity index (χ2v) is 7.60. The maximum Gasteiger partial charge on any atom is 0.305 e. The van der Waals surface area contributed by atoms with E-state index >= 15 is 0 Å². The first-order valence-electron chi connectivity index (χ1n) is 10.4. The number of benzene rings is 1. The predicted octanol–water partition coefficient (Wildman–Crippen LogP) is 3.78. The van der Waals surface area contributed by atoms with Gasteiger partial charge in [0.2, 0.25) is 0 Å². The standard InChI is InChI=1S/C23H33N3O4/c1-7-26(8-2)14-19-10-12-21(30-19)23(28)25-24-22(27)17(6)29-18-9-11-20(15(3)4)16(5)13-18/h9-13,15,17H,7-8,14H2,1-6H3,(H,24,27)(H,25,28). The number of hydrazine groups is 1. The van der Waals surface area contributed by atoms with E-state index in [1.54, 1.807) is 19.1 Å². The highest BCUT2D eigenvalue weighted by atomic mass is 16.5. The minimum absolute atomic E-state index is 0.144. The van der Waals surface area contributed by atoms with Crippen molar-refractivity contribution in [2.45, 2.75) is 60.1 Å². The highest BCUT2D eigenvalue weighted by Gasteiger charge is 2.18. The number of rotatable bonds is 9. The van der Waals surface area contributed by atoms with Crippen LogP contribution in [0.4, 0.5) is 0 Å². The van der Waals surface area contributed by atoms with Crippen LogP contribution in [0.1, 0.15) is 68.0 Å². The molecular formula is C23H33N3O4. The molecule has 0 aliphatic rings. The number of ether oxygens (including phenoxy) is 1. The Hall–Kier alpha value is -2.80. The van der Waals surface area contributed by atoms with E-state index in [4.69, 9.17) is 9.15 Å². The molecule has 7 heteroatoms. The van der Waals surface area contributed by atoms with Crippen molar-refractivity contribution in [1.29, 1.82) is 0 Å². The van der Waals surface area contributed by atoms with Crippen LogP contribution in [0.25, 0.3) is 0 Å². The number of nitrogens with zero attached hydrogens (tertiary/aromatic N) is 1. The van der Waals surface area contributed by atoms with Crippen LogP contribution in [0, 0.1) is 6.92 Å². The Kier molecular flexibility index (Phi) is 8.47. The average molecular weight is 416 g/mol. The molecule has 2 aromatic rings. The molecule has 0 aliphatic heterocycles. The Morgan fingerprint density at radius 2 is 1.77 bits per heavy atom. The van der Waals surface area contributed by atoms with Crippen LogP contribution in [0.2, 0.25) is 0 Å². The van der Waals surface area contributed by atoms with E-state index in [0.29, 0.717) is 24.0 Å². The van der Waals surface area contributed by atoms with Gasteiger partial charge >= 0.3 is 5.91 Å². The first kappa shape index (κ1) is 23.5. The molecule has 0 spiro atoms. The molecule has 1 heterocycles.